The Labute approximate surface area is 158 Å². The van der Waals surface area contributed by atoms with Crippen molar-refractivity contribution in [3.05, 3.63) is 39.7 Å². The zero-order valence-electron chi connectivity index (χ0n) is 13.9. The maximum absolute atomic E-state index is 12.2. The monoisotopic (exact) mass is 405 g/mol. The molecular weight excluding hydrogens is 385 g/mol. The Kier molecular flexibility index (Phi) is 6.87. The largest absolute Gasteiger partial charge is 0.325 e. The van der Waals surface area contributed by atoms with E-state index in [0.717, 1.165) is 11.0 Å². The van der Waals surface area contributed by atoms with Crippen molar-refractivity contribution in [3.63, 3.8) is 0 Å². The van der Waals surface area contributed by atoms with E-state index in [2.05, 4.69) is 16.6 Å². The number of rotatable bonds is 6. The van der Waals surface area contributed by atoms with Crippen molar-refractivity contribution >= 4 is 44.8 Å². The van der Waals surface area contributed by atoms with E-state index in [4.69, 9.17) is 23.2 Å². The lowest BCUT2D eigenvalue weighted by atomic mass is 10.1. The summed E-state index contributed by atoms with van der Waals surface area (Å²) in [5.41, 5.74) is 1.47. The number of hydrogen-bond acceptors (Lipinski definition) is 4. The summed E-state index contributed by atoms with van der Waals surface area (Å²) in [4.78, 5) is 14.2. The molecule has 0 radical (unpaired) electrons. The van der Waals surface area contributed by atoms with Crippen molar-refractivity contribution in [3.8, 4) is 0 Å². The van der Waals surface area contributed by atoms with Crippen LogP contribution in [0.25, 0.3) is 0 Å². The van der Waals surface area contributed by atoms with Gasteiger partial charge in [0.05, 0.1) is 16.6 Å². The van der Waals surface area contributed by atoms with Gasteiger partial charge in [-0.2, -0.15) is 0 Å². The number of benzene rings is 1. The number of sulfonamides is 1. The number of carbonyl (C=O) groups excluding carboxylic acids is 1. The number of hydrogen-bond donors (Lipinski definition) is 2. The van der Waals surface area contributed by atoms with E-state index < -0.39 is 10.0 Å². The summed E-state index contributed by atoms with van der Waals surface area (Å²) in [5, 5.41) is 4.58. The Balaban J connectivity index is 1.85. The summed E-state index contributed by atoms with van der Waals surface area (Å²) in [5.74, 6) is -0.147. The van der Waals surface area contributed by atoms with Crippen LogP contribution in [0.15, 0.2) is 24.1 Å². The third kappa shape index (κ3) is 5.97. The summed E-state index contributed by atoms with van der Waals surface area (Å²) in [6, 6.07) is 3.21. The van der Waals surface area contributed by atoms with Crippen molar-refractivity contribution in [2.45, 2.75) is 25.8 Å². The van der Waals surface area contributed by atoms with Gasteiger partial charge in [0, 0.05) is 30.2 Å². The number of nitrogens with zero attached hydrogens (tertiary/aromatic N) is 1. The number of nitrogens with one attached hydrogen (secondary N) is 2. The Morgan fingerprint density at radius 1 is 1.32 bits per heavy atom. The van der Waals surface area contributed by atoms with Crippen molar-refractivity contribution in [2.24, 2.45) is 0 Å². The third-order valence-corrected chi connectivity index (χ3v) is 5.87. The highest BCUT2D eigenvalue weighted by molar-refractivity contribution is 7.92. The van der Waals surface area contributed by atoms with Crippen LogP contribution in [0.3, 0.4) is 0 Å². The third-order valence-electron chi connectivity index (χ3n) is 4.05. The zero-order valence-corrected chi connectivity index (χ0v) is 16.2. The average Bonchev–Trinajstić information content (AvgIpc) is 2.54. The van der Waals surface area contributed by atoms with E-state index in [0.29, 0.717) is 41.7 Å². The number of piperidine rings is 1. The normalized spacial score (nSPS) is 16.6. The van der Waals surface area contributed by atoms with Crippen LogP contribution in [0, 0.1) is 6.92 Å². The fraction of sp³-hybridized carbons (Fsp3) is 0.438. The van der Waals surface area contributed by atoms with Gasteiger partial charge in [0.1, 0.15) is 0 Å². The number of halogens is 2. The molecule has 0 spiro atoms. The molecule has 9 heteroatoms. The Bertz CT molecular complexity index is 760. The first-order valence-electron chi connectivity index (χ1n) is 7.83. The summed E-state index contributed by atoms with van der Waals surface area (Å²) in [7, 11) is -3.42. The molecule has 6 nitrogen and oxygen atoms in total. The van der Waals surface area contributed by atoms with E-state index in [-0.39, 0.29) is 18.5 Å². The number of aryl methyl sites for hydroxylation is 1. The highest BCUT2D eigenvalue weighted by Crippen LogP contribution is 2.28. The second-order valence-electron chi connectivity index (χ2n) is 6.01. The fourth-order valence-electron chi connectivity index (χ4n) is 2.66. The van der Waals surface area contributed by atoms with Crippen LogP contribution in [0.4, 0.5) is 5.69 Å². The van der Waals surface area contributed by atoms with E-state index in [9.17, 15) is 13.2 Å². The lowest BCUT2D eigenvalue weighted by Crippen LogP contribution is -2.46. The molecule has 0 aliphatic carbocycles. The predicted octanol–water partition coefficient (Wildman–Crippen LogP) is 2.77. The van der Waals surface area contributed by atoms with E-state index in [1.807, 2.05) is 11.8 Å². The highest BCUT2D eigenvalue weighted by Gasteiger charge is 2.23. The smallest absolute Gasteiger partial charge is 0.238 e. The van der Waals surface area contributed by atoms with Gasteiger partial charge in [-0.3, -0.25) is 9.69 Å². The zero-order chi connectivity index (χ0) is 18.6. The van der Waals surface area contributed by atoms with Crippen LogP contribution in [0.1, 0.15) is 18.4 Å². The first-order valence-corrected chi connectivity index (χ1v) is 10.1. The Hall–Kier alpha value is -1.12. The molecule has 0 aromatic heterocycles. The van der Waals surface area contributed by atoms with Crippen LogP contribution in [-0.2, 0) is 14.8 Å². The van der Waals surface area contributed by atoms with Crippen LogP contribution >= 0.6 is 23.2 Å². The standard InChI is InChI=1S/C16H21Cl2N3O3S/c1-3-25(23,24)20-12-4-6-21(7-5-12)10-16(22)19-15-9-14(18)13(17)8-11(15)2/h3,8-9,12,20H,1,4-7,10H2,2H3,(H,19,22). The molecule has 1 saturated heterocycles. The molecule has 1 aliphatic heterocycles. The molecule has 1 fully saturated rings. The molecule has 0 bridgehead atoms. The first kappa shape index (κ1) is 20.2. The highest BCUT2D eigenvalue weighted by atomic mass is 35.5. The van der Waals surface area contributed by atoms with Crippen molar-refractivity contribution in [1.82, 2.24) is 9.62 Å². The molecule has 1 aliphatic rings. The SMILES string of the molecule is C=CS(=O)(=O)NC1CCN(CC(=O)Nc2cc(Cl)c(Cl)cc2C)CC1. The fourth-order valence-corrected chi connectivity index (χ4v) is 3.84. The van der Waals surface area contributed by atoms with Crippen molar-refractivity contribution in [1.29, 1.82) is 0 Å². The summed E-state index contributed by atoms with van der Waals surface area (Å²) in [6.07, 6.45) is 1.29. The summed E-state index contributed by atoms with van der Waals surface area (Å²) >= 11 is 11.9. The second kappa shape index (κ2) is 8.51. The maximum Gasteiger partial charge on any atom is 0.238 e. The van der Waals surface area contributed by atoms with Gasteiger partial charge < -0.3 is 5.32 Å². The van der Waals surface area contributed by atoms with Crippen LogP contribution < -0.4 is 10.0 Å². The van der Waals surface area contributed by atoms with E-state index in [1.54, 1.807) is 12.1 Å². The number of likely N-dealkylation sites (tertiary alicyclic amines) is 1. The first-order chi connectivity index (χ1) is 11.7. The summed E-state index contributed by atoms with van der Waals surface area (Å²) in [6.45, 7) is 6.63. The molecule has 2 rings (SSSR count). The Morgan fingerprint density at radius 3 is 2.52 bits per heavy atom. The molecule has 0 atom stereocenters. The van der Waals surface area contributed by atoms with Crippen LogP contribution in [-0.4, -0.2) is 44.9 Å². The molecule has 0 saturated carbocycles. The van der Waals surface area contributed by atoms with Crippen molar-refractivity contribution in [2.75, 3.05) is 25.0 Å². The molecule has 1 heterocycles. The predicted molar refractivity (Wildman–Crippen MR) is 102 cm³/mol. The topological polar surface area (TPSA) is 78.5 Å². The van der Waals surface area contributed by atoms with Gasteiger partial charge in [0.15, 0.2) is 0 Å². The van der Waals surface area contributed by atoms with Gasteiger partial charge in [-0.1, -0.05) is 29.8 Å². The van der Waals surface area contributed by atoms with Crippen molar-refractivity contribution < 1.29 is 13.2 Å². The Morgan fingerprint density at radius 2 is 1.92 bits per heavy atom. The molecule has 25 heavy (non-hydrogen) atoms. The van der Waals surface area contributed by atoms with Gasteiger partial charge >= 0.3 is 0 Å². The molecule has 0 unspecified atom stereocenters. The van der Waals surface area contributed by atoms with E-state index >= 15 is 0 Å². The van der Waals surface area contributed by atoms with Gasteiger partial charge in [-0.25, -0.2) is 13.1 Å². The lowest BCUT2D eigenvalue weighted by Gasteiger charge is -2.31. The van der Waals surface area contributed by atoms with Crippen LogP contribution in [0.2, 0.25) is 10.0 Å². The van der Waals surface area contributed by atoms with Gasteiger partial charge in [0.25, 0.3) is 0 Å². The average molecular weight is 406 g/mol. The molecule has 1 aromatic rings. The minimum atomic E-state index is -3.42. The molecule has 138 valence electrons. The van der Waals surface area contributed by atoms with Gasteiger partial charge in [0.2, 0.25) is 15.9 Å². The lowest BCUT2D eigenvalue weighted by molar-refractivity contribution is -0.117. The quantitative estimate of drug-likeness (QED) is 0.762. The molecule has 2 N–H and O–H groups in total. The number of anilines is 1. The van der Waals surface area contributed by atoms with Crippen LogP contribution in [0.5, 0.6) is 0 Å². The number of amides is 1. The summed E-state index contributed by atoms with van der Waals surface area (Å²) < 4.78 is 25.5. The van der Waals surface area contributed by atoms with E-state index in [1.165, 1.54) is 0 Å². The van der Waals surface area contributed by atoms with Gasteiger partial charge in [-0.15, -0.1) is 0 Å². The molecular formula is C16H21Cl2N3O3S. The number of carbonyl (C=O) groups is 1. The second-order valence-corrected chi connectivity index (χ2v) is 8.48. The minimum Gasteiger partial charge on any atom is -0.325 e. The maximum atomic E-state index is 12.2. The molecule has 1 amide bonds. The molecule has 1 aromatic carbocycles. The minimum absolute atomic E-state index is 0.125. The van der Waals surface area contributed by atoms with Gasteiger partial charge in [-0.05, 0) is 37.5 Å².